The first-order valence-electron chi connectivity index (χ1n) is 6.54. The molecule has 0 aliphatic heterocycles. The Morgan fingerprint density at radius 1 is 1.17 bits per heavy atom. The fraction of sp³-hybridized carbons (Fsp3) is 0.857. The summed E-state index contributed by atoms with van der Waals surface area (Å²) in [4.78, 5) is 24.3. The Bertz CT molecular complexity index is 292. The number of nitrogens with zero attached hydrogens (tertiary/aromatic N) is 1. The van der Waals surface area contributed by atoms with Crippen molar-refractivity contribution in [3.05, 3.63) is 0 Å². The summed E-state index contributed by atoms with van der Waals surface area (Å²) in [5.74, 6) is -0.753. The average Bonchev–Trinajstić information content (AvgIpc) is 2.09. The average molecular weight is 257 g/mol. The van der Waals surface area contributed by atoms with Gasteiger partial charge >= 0.3 is 5.97 Å². The third kappa shape index (κ3) is 7.30. The summed E-state index contributed by atoms with van der Waals surface area (Å²) >= 11 is 0. The molecule has 4 heteroatoms. The van der Waals surface area contributed by atoms with Gasteiger partial charge in [-0.3, -0.25) is 9.59 Å². The molecule has 0 aromatic rings. The van der Waals surface area contributed by atoms with E-state index >= 15 is 0 Å². The lowest BCUT2D eigenvalue weighted by Crippen LogP contribution is -2.41. The van der Waals surface area contributed by atoms with Gasteiger partial charge in [0.15, 0.2) is 0 Å². The van der Waals surface area contributed by atoms with Crippen molar-refractivity contribution in [2.24, 2.45) is 11.3 Å². The quantitative estimate of drug-likeness (QED) is 0.796. The molecule has 4 nitrogen and oxygen atoms in total. The molecular formula is C14H27NO3. The normalized spacial score (nSPS) is 13.5. The van der Waals surface area contributed by atoms with Crippen LogP contribution in [0.2, 0.25) is 0 Å². The third-order valence-corrected chi connectivity index (χ3v) is 2.73. The molecule has 0 bridgehead atoms. The molecule has 0 aliphatic rings. The van der Waals surface area contributed by atoms with Gasteiger partial charge in [0.1, 0.15) is 6.54 Å². The lowest BCUT2D eigenvalue weighted by Gasteiger charge is -2.28. The SMILES string of the molecule is CC(CC(=O)N(CC(=O)O)C(C)C)CC(C)(C)C. The number of carboxylic acids is 1. The summed E-state index contributed by atoms with van der Waals surface area (Å²) in [6.07, 6.45) is 1.38. The van der Waals surface area contributed by atoms with Crippen molar-refractivity contribution in [2.75, 3.05) is 6.54 Å². The Balaban J connectivity index is 4.47. The van der Waals surface area contributed by atoms with Crippen LogP contribution in [0.15, 0.2) is 0 Å². The predicted molar refractivity (Wildman–Crippen MR) is 72.3 cm³/mol. The largest absolute Gasteiger partial charge is 0.480 e. The third-order valence-electron chi connectivity index (χ3n) is 2.73. The Morgan fingerprint density at radius 2 is 1.67 bits per heavy atom. The van der Waals surface area contributed by atoms with Crippen molar-refractivity contribution in [3.8, 4) is 0 Å². The molecule has 1 atom stereocenters. The summed E-state index contributed by atoms with van der Waals surface area (Å²) in [5.41, 5.74) is 0.190. The fourth-order valence-corrected chi connectivity index (χ4v) is 2.24. The number of carbonyl (C=O) groups excluding carboxylic acids is 1. The summed E-state index contributed by atoms with van der Waals surface area (Å²) in [5, 5.41) is 8.81. The second-order valence-corrected chi connectivity index (χ2v) is 6.58. The van der Waals surface area contributed by atoms with E-state index in [0.717, 1.165) is 6.42 Å². The maximum atomic E-state index is 12.1. The van der Waals surface area contributed by atoms with E-state index in [0.29, 0.717) is 6.42 Å². The number of carboxylic acid groups (broad SMARTS) is 1. The van der Waals surface area contributed by atoms with Crippen molar-refractivity contribution < 1.29 is 14.7 Å². The molecule has 1 unspecified atom stereocenters. The van der Waals surface area contributed by atoms with E-state index in [1.807, 2.05) is 20.8 Å². The van der Waals surface area contributed by atoms with Crippen LogP contribution in [-0.2, 0) is 9.59 Å². The van der Waals surface area contributed by atoms with Crippen molar-refractivity contribution in [2.45, 2.75) is 60.4 Å². The van der Waals surface area contributed by atoms with Crippen LogP contribution in [0.4, 0.5) is 0 Å². The summed E-state index contributed by atoms with van der Waals surface area (Å²) in [7, 11) is 0. The molecule has 0 radical (unpaired) electrons. The van der Waals surface area contributed by atoms with Gasteiger partial charge in [0.2, 0.25) is 5.91 Å². The van der Waals surface area contributed by atoms with E-state index in [1.54, 1.807) is 0 Å². The van der Waals surface area contributed by atoms with Crippen LogP contribution in [0.5, 0.6) is 0 Å². The second kappa shape index (κ2) is 6.76. The molecule has 106 valence electrons. The highest BCUT2D eigenvalue weighted by Crippen LogP contribution is 2.26. The zero-order valence-corrected chi connectivity index (χ0v) is 12.5. The minimum atomic E-state index is -0.958. The van der Waals surface area contributed by atoms with E-state index in [9.17, 15) is 9.59 Å². The number of rotatable bonds is 6. The standard InChI is InChI=1S/C14H27NO3/c1-10(2)15(9-13(17)18)12(16)7-11(3)8-14(4,5)6/h10-11H,7-9H2,1-6H3,(H,17,18). The van der Waals surface area contributed by atoms with Gasteiger partial charge in [0.25, 0.3) is 0 Å². The van der Waals surface area contributed by atoms with Gasteiger partial charge in [-0.2, -0.15) is 0 Å². The minimum Gasteiger partial charge on any atom is -0.480 e. The molecule has 0 rings (SSSR count). The first-order valence-corrected chi connectivity index (χ1v) is 6.54. The summed E-state index contributed by atoms with van der Waals surface area (Å²) in [6.45, 7) is 12.0. The minimum absolute atomic E-state index is 0.0656. The van der Waals surface area contributed by atoms with Crippen molar-refractivity contribution in [1.82, 2.24) is 4.90 Å². The van der Waals surface area contributed by atoms with Crippen LogP contribution in [0.1, 0.15) is 54.4 Å². The molecule has 0 spiro atoms. The fourth-order valence-electron chi connectivity index (χ4n) is 2.24. The molecule has 1 amide bonds. The second-order valence-electron chi connectivity index (χ2n) is 6.58. The van der Waals surface area contributed by atoms with E-state index in [1.165, 1.54) is 4.90 Å². The van der Waals surface area contributed by atoms with Gasteiger partial charge < -0.3 is 10.0 Å². The molecule has 18 heavy (non-hydrogen) atoms. The van der Waals surface area contributed by atoms with Crippen LogP contribution in [0.25, 0.3) is 0 Å². The molecule has 1 N–H and O–H groups in total. The monoisotopic (exact) mass is 257 g/mol. The van der Waals surface area contributed by atoms with Crippen molar-refractivity contribution in [3.63, 3.8) is 0 Å². The maximum absolute atomic E-state index is 12.1. The lowest BCUT2D eigenvalue weighted by molar-refractivity contribution is -0.146. The first kappa shape index (κ1) is 16.9. The van der Waals surface area contributed by atoms with E-state index in [2.05, 4.69) is 20.8 Å². The maximum Gasteiger partial charge on any atom is 0.323 e. The summed E-state index contributed by atoms with van der Waals surface area (Å²) in [6, 6.07) is -0.0737. The number of carbonyl (C=O) groups is 2. The number of hydrogen-bond donors (Lipinski definition) is 1. The van der Waals surface area contributed by atoms with Crippen LogP contribution in [0, 0.1) is 11.3 Å². The highest BCUT2D eigenvalue weighted by Gasteiger charge is 2.23. The van der Waals surface area contributed by atoms with Crippen LogP contribution in [0.3, 0.4) is 0 Å². The molecular weight excluding hydrogens is 230 g/mol. The smallest absolute Gasteiger partial charge is 0.323 e. The number of aliphatic carboxylic acids is 1. The van der Waals surface area contributed by atoms with E-state index in [-0.39, 0.29) is 29.8 Å². The Kier molecular flexibility index (Phi) is 6.36. The number of hydrogen-bond acceptors (Lipinski definition) is 2. The van der Waals surface area contributed by atoms with Gasteiger partial charge in [0.05, 0.1) is 0 Å². The number of amides is 1. The van der Waals surface area contributed by atoms with E-state index in [4.69, 9.17) is 5.11 Å². The Morgan fingerprint density at radius 3 is 2.00 bits per heavy atom. The molecule has 0 aromatic heterocycles. The molecule has 0 saturated heterocycles. The van der Waals surface area contributed by atoms with Gasteiger partial charge in [-0.15, -0.1) is 0 Å². The van der Waals surface area contributed by atoms with Crippen LogP contribution >= 0.6 is 0 Å². The van der Waals surface area contributed by atoms with Crippen molar-refractivity contribution in [1.29, 1.82) is 0 Å². The molecule has 0 fully saturated rings. The summed E-state index contributed by atoms with van der Waals surface area (Å²) < 4.78 is 0. The lowest BCUT2D eigenvalue weighted by atomic mass is 9.84. The molecule has 0 heterocycles. The van der Waals surface area contributed by atoms with E-state index < -0.39 is 5.97 Å². The first-order chi connectivity index (χ1) is 8.03. The van der Waals surface area contributed by atoms with Gasteiger partial charge in [-0.1, -0.05) is 27.7 Å². The highest BCUT2D eigenvalue weighted by atomic mass is 16.4. The zero-order chi connectivity index (χ0) is 14.5. The Hall–Kier alpha value is -1.06. The molecule has 0 saturated carbocycles. The van der Waals surface area contributed by atoms with Crippen molar-refractivity contribution >= 4 is 11.9 Å². The van der Waals surface area contributed by atoms with Gasteiger partial charge in [0, 0.05) is 12.5 Å². The topological polar surface area (TPSA) is 57.6 Å². The van der Waals surface area contributed by atoms with Gasteiger partial charge in [-0.25, -0.2) is 0 Å². The predicted octanol–water partition coefficient (Wildman–Crippen LogP) is 2.77. The zero-order valence-electron chi connectivity index (χ0n) is 12.5. The molecule has 0 aromatic carbocycles. The van der Waals surface area contributed by atoms with Gasteiger partial charge in [-0.05, 0) is 31.6 Å². The van der Waals surface area contributed by atoms with Crippen LogP contribution in [-0.4, -0.2) is 34.5 Å². The van der Waals surface area contributed by atoms with Crippen LogP contribution < -0.4 is 0 Å². The molecule has 0 aliphatic carbocycles. The Labute approximate surface area is 110 Å². The highest BCUT2D eigenvalue weighted by molar-refractivity contribution is 5.81.